The van der Waals surface area contributed by atoms with Crippen LogP contribution in [-0.2, 0) is 17.3 Å². The van der Waals surface area contributed by atoms with Crippen molar-refractivity contribution >= 4 is 38.7 Å². The minimum absolute atomic E-state index is 0.180. The molecule has 0 radical (unpaired) electrons. The van der Waals surface area contributed by atoms with E-state index in [1.165, 1.54) is 6.33 Å². The van der Waals surface area contributed by atoms with Crippen LogP contribution in [0.15, 0.2) is 12.5 Å². The summed E-state index contributed by atoms with van der Waals surface area (Å²) in [6.07, 6.45) is 4.04. The summed E-state index contributed by atoms with van der Waals surface area (Å²) in [6.45, 7) is -1.35. The molecule has 0 atom stereocenters. The summed E-state index contributed by atoms with van der Waals surface area (Å²) >= 11 is 6.31. The lowest BCUT2D eigenvalue weighted by Gasteiger charge is -2.61. The predicted octanol–water partition coefficient (Wildman–Crippen LogP) is 0.724. The molecule has 160 valence electrons. The normalized spacial score (nSPS) is 19.8. The summed E-state index contributed by atoms with van der Waals surface area (Å²) in [4.78, 5) is 10.6. The number of nitrogens with two attached hydrogens (primary N) is 1. The molecular formula is C16H21ClF2N6O3S. The largest absolute Gasteiger partial charge is 0.390 e. The molecule has 0 aromatic carbocycles. The monoisotopic (exact) mass is 450 g/mol. The van der Waals surface area contributed by atoms with Crippen LogP contribution in [0.5, 0.6) is 0 Å². The number of nitrogens with zero attached hydrogens (tertiary/aromatic N) is 5. The number of aromatic nitrogens is 3. The van der Waals surface area contributed by atoms with Crippen LogP contribution < -0.4 is 10.0 Å². The van der Waals surface area contributed by atoms with Crippen molar-refractivity contribution in [2.75, 3.05) is 31.1 Å². The highest BCUT2D eigenvalue weighted by Gasteiger charge is 2.56. The van der Waals surface area contributed by atoms with Gasteiger partial charge in [0.05, 0.1) is 17.0 Å². The number of aryl methyl sites for hydroxylation is 1. The standard InChI is InChI=1S/C16H21ClF2N6O3S/c1-23-4-11(17)12-13(23)21-9-22-14(12)24-5-15(6-24)2-10(3-15)25(29(20,27)28)7-16(18,19)8-26/h4,9-10,26H,2-3,5-8H2,1H3,(H2,20,27,28). The molecule has 9 nitrogen and oxygen atoms in total. The Kier molecular flexibility index (Phi) is 4.78. The zero-order valence-electron chi connectivity index (χ0n) is 15.6. The van der Waals surface area contributed by atoms with E-state index in [4.69, 9.17) is 21.8 Å². The van der Waals surface area contributed by atoms with Crippen LogP contribution in [0, 0.1) is 5.41 Å². The van der Waals surface area contributed by atoms with Crippen molar-refractivity contribution in [2.45, 2.75) is 24.8 Å². The number of anilines is 1. The highest BCUT2D eigenvalue weighted by Crippen LogP contribution is 2.52. The molecule has 3 heterocycles. The summed E-state index contributed by atoms with van der Waals surface area (Å²) in [6, 6.07) is -0.615. The van der Waals surface area contributed by atoms with Crippen LogP contribution in [0.4, 0.5) is 14.6 Å². The van der Waals surface area contributed by atoms with E-state index in [9.17, 15) is 17.2 Å². The molecule has 4 rings (SSSR count). The van der Waals surface area contributed by atoms with Gasteiger partial charge in [-0.25, -0.2) is 23.9 Å². The van der Waals surface area contributed by atoms with Gasteiger partial charge < -0.3 is 14.6 Å². The molecule has 2 fully saturated rings. The van der Waals surface area contributed by atoms with Gasteiger partial charge >= 0.3 is 0 Å². The molecule has 2 aromatic rings. The SMILES string of the molecule is Cn1cc(Cl)c2c(N3CC4(CC(N(CC(F)(F)CO)S(N)(=O)=O)C4)C3)ncnc21. The lowest BCUT2D eigenvalue weighted by Crippen LogP contribution is -2.68. The second-order valence-electron chi connectivity index (χ2n) is 8.01. The van der Waals surface area contributed by atoms with E-state index in [-0.39, 0.29) is 5.41 Å². The van der Waals surface area contributed by atoms with Crippen molar-refractivity contribution in [3.05, 3.63) is 17.5 Å². The van der Waals surface area contributed by atoms with Crippen LogP contribution >= 0.6 is 11.6 Å². The van der Waals surface area contributed by atoms with E-state index in [1.54, 1.807) is 6.20 Å². The Hall–Kier alpha value is -1.60. The maximum Gasteiger partial charge on any atom is 0.284 e. The van der Waals surface area contributed by atoms with Gasteiger partial charge in [0.25, 0.3) is 16.1 Å². The Morgan fingerprint density at radius 3 is 2.66 bits per heavy atom. The number of fused-ring (bicyclic) bond motifs is 1. The molecule has 1 aliphatic carbocycles. The van der Waals surface area contributed by atoms with Crippen LogP contribution in [0.25, 0.3) is 11.0 Å². The predicted molar refractivity (Wildman–Crippen MR) is 103 cm³/mol. The number of alkyl halides is 2. The summed E-state index contributed by atoms with van der Waals surface area (Å²) in [5.74, 6) is -2.85. The van der Waals surface area contributed by atoms with Crippen molar-refractivity contribution in [1.82, 2.24) is 18.8 Å². The quantitative estimate of drug-likeness (QED) is 0.669. The number of hydrogen-bond donors (Lipinski definition) is 2. The average Bonchev–Trinajstić information content (AvgIpc) is 2.85. The fourth-order valence-corrected chi connectivity index (χ4v) is 5.65. The molecule has 3 N–H and O–H groups in total. The van der Waals surface area contributed by atoms with Crippen LogP contribution in [0.3, 0.4) is 0 Å². The molecule has 0 unspecified atom stereocenters. The van der Waals surface area contributed by atoms with Gasteiger partial charge in [-0.3, -0.25) is 0 Å². The maximum atomic E-state index is 13.6. The van der Waals surface area contributed by atoms with Crippen LogP contribution in [0.2, 0.25) is 5.02 Å². The summed E-state index contributed by atoms with van der Waals surface area (Å²) < 4.78 is 53.1. The van der Waals surface area contributed by atoms with Gasteiger partial charge in [-0.2, -0.15) is 12.7 Å². The van der Waals surface area contributed by atoms with Gasteiger partial charge in [-0.1, -0.05) is 11.6 Å². The van der Waals surface area contributed by atoms with Crippen LogP contribution in [0.1, 0.15) is 12.8 Å². The maximum absolute atomic E-state index is 13.6. The number of aliphatic hydroxyl groups is 1. The zero-order chi connectivity index (χ0) is 21.2. The van der Waals surface area contributed by atoms with Crippen molar-refractivity contribution < 1.29 is 22.3 Å². The number of aliphatic hydroxyl groups excluding tert-OH is 1. The first-order chi connectivity index (χ1) is 13.4. The van der Waals surface area contributed by atoms with E-state index in [2.05, 4.69) is 9.97 Å². The Bertz CT molecular complexity index is 1050. The Labute approximate surface area is 171 Å². The number of rotatable bonds is 6. The van der Waals surface area contributed by atoms with Crippen molar-refractivity contribution in [1.29, 1.82) is 0 Å². The first-order valence-electron chi connectivity index (χ1n) is 8.93. The fraction of sp³-hybridized carbons (Fsp3) is 0.625. The second kappa shape index (κ2) is 6.71. The molecule has 1 saturated heterocycles. The zero-order valence-corrected chi connectivity index (χ0v) is 17.2. The highest BCUT2D eigenvalue weighted by atomic mass is 35.5. The van der Waals surface area contributed by atoms with E-state index < -0.39 is 35.3 Å². The number of hydrogen-bond acceptors (Lipinski definition) is 6. The second-order valence-corrected chi connectivity index (χ2v) is 9.91. The van der Waals surface area contributed by atoms with Crippen molar-refractivity contribution in [3.8, 4) is 0 Å². The molecule has 0 bridgehead atoms. The van der Waals surface area contributed by atoms with Gasteiger partial charge in [0.15, 0.2) is 0 Å². The van der Waals surface area contributed by atoms with Crippen LogP contribution in [-0.4, -0.2) is 70.6 Å². The summed E-state index contributed by atoms with van der Waals surface area (Å²) in [5, 5.41) is 15.2. The van der Waals surface area contributed by atoms with Crippen molar-refractivity contribution in [3.63, 3.8) is 0 Å². The third-order valence-corrected chi connectivity index (χ3v) is 7.10. The van der Waals surface area contributed by atoms with E-state index in [1.807, 2.05) is 16.5 Å². The minimum Gasteiger partial charge on any atom is -0.390 e. The first-order valence-corrected chi connectivity index (χ1v) is 10.8. The summed E-state index contributed by atoms with van der Waals surface area (Å²) in [7, 11) is -2.48. The van der Waals surface area contributed by atoms with Gasteiger partial charge in [-0.05, 0) is 12.8 Å². The molecule has 2 aliphatic rings. The van der Waals surface area contributed by atoms with Gasteiger partial charge in [-0.15, -0.1) is 0 Å². The molecule has 29 heavy (non-hydrogen) atoms. The summed E-state index contributed by atoms with van der Waals surface area (Å²) in [5.41, 5.74) is 0.528. The third kappa shape index (κ3) is 3.56. The lowest BCUT2D eigenvalue weighted by molar-refractivity contribution is -0.0814. The first kappa shape index (κ1) is 20.7. The smallest absolute Gasteiger partial charge is 0.284 e. The lowest BCUT2D eigenvalue weighted by atomic mass is 9.60. The fourth-order valence-electron chi connectivity index (χ4n) is 4.40. The highest BCUT2D eigenvalue weighted by molar-refractivity contribution is 7.86. The van der Waals surface area contributed by atoms with Gasteiger partial charge in [0, 0.05) is 37.8 Å². The molecule has 1 aliphatic heterocycles. The molecule has 0 amide bonds. The molecule has 1 saturated carbocycles. The van der Waals surface area contributed by atoms with E-state index in [0.717, 1.165) is 5.39 Å². The van der Waals surface area contributed by atoms with Gasteiger partial charge in [0.1, 0.15) is 24.4 Å². The average molecular weight is 451 g/mol. The van der Waals surface area contributed by atoms with E-state index in [0.29, 0.717) is 46.7 Å². The molecular weight excluding hydrogens is 430 g/mol. The van der Waals surface area contributed by atoms with Gasteiger partial charge in [0.2, 0.25) is 0 Å². The Morgan fingerprint density at radius 2 is 2.07 bits per heavy atom. The Morgan fingerprint density at radius 1 is 1.41 bits per heavy atom. The molecule has 1 spiro atoms. The minimum atomic E-state index is -4.31. The third-order valence-electron chi connectivity index (χ3n) is 5.73. The van der Waals surface area contributed by atoms with Crippen molar-refractivity contribution in [2.24, 2.45) is 17.6 Å². The molecule has 2 aromatic heterocycles. The number of halogens is 3. The van der Waals surface area contributed by atoms with E-state index >= 15 is 0 Å². The molecule has 13 heteroatoms. The Balaban J connectivity index is 1.46. The topological polar surface area (TPSA) is 118 Å².